The van der Waals surface area contributed by atoms with Crippen LogP contribution in [0.2, 0.25) is 0 Å². The summed E-state index contributed by atoms with van der Waals surface area (Å²) in [6.07, 6.45) is 0. The van der Waals surface area contributed by atoms with Crippen LogP contribution in [0.3, 0.4) is 0 Å². The number of halogens is 1. The Bertz CT molecular complexity index is 552. The summed E-state index contributed by atoms with van der Waals surface area (Å²) in [7, 11) is 0. The zero-order chi connectivity index (χ0) is 13.1. The highest BCUT2D eigenvalue weighted by atomic mass is 32.2. The van der Waals surface area contributed by atoms with Crippen molar-refractivity contribution in [2.24, 2.45) is 5.73 Å². The van der Waals surface area contributed by atoms with Gasteiger partial charge in [0.1, 0.15) is 5.82 Å². The summed E-state index contributed by atoms with van der Waals surface area (Å²) >= 11 is 1.56. The highest BCUT2D eigenvalue weighted by molar-refractivity contribution is 7.99. The van der Waals surface area contributed by atoms with E-state index in [2.05, 4.69) is 0 Å². The van der Waals surface area contributed by atoms with Gasteiger partial charge in [0.25, 0.3) is 0 Å². The lowest BCUT2D eigenvalue weighted by atomic mass is 10.1. The third-order valence-electron chi connectivity index (χ3n) is 2.78. The lowest BCUT2D eigenvalue weighted by Crippen LogP contribution is -2.08. The van der Waals surface area contributed by atoms with Crippen LogP contribution in [0.25, 0.3) is 0 Å². The van der Waals surface area contributed by atoms with Gasteiger partial charge in [0.15, 0.2) is 0 Å². The molecule has 2 N–H and O–H groups in total. The van der Waals surface area contributed by atoms with Gasteiger partial charge in [0.05, 0.1) is 0 Å². The van der Waals surface area contributed by atoms with Crippen LogP contribution in [0.15, 0.2) is 52.3 Å². The molecule has 0 bridgehead atoms. The minimum atomic E-state index is -0.308. The highest BCUT2D eigenvalue weighted by Gasteiger charge is 2.13. The quantitative estimate of drug-likeness (QED) is 0.891. The molecule has 0 heterocycles. The maximum atomic E-state index is 13.8. The van der Waals surface area contributed by atoms with Gasteiger partial charge in [0, 0.05) is 21.4 Å². The first kappa shape index (κ1) is 13.1. The fourth-order valence-corrected chi connectivity index (χ4v) is 2.99. The van der Waals surface area contributed by atoms with Crippen LogP contribution in [-0.4, -0.2) is 0 Å². The van der Waals surface area contributed by atoms with Gasteiger partial charge in [-0.1, -0.05) is 36.0 Å². The first-order valence-corrected chi connectivity index (χ1v) is 6.68. The summed E-state index contributed by atoms with van der Waals surface area (Å²) in [4.78, 5) is 2.02. The number of aryl methyl sites for hydroxylation is 1. The van der Waals surface area contributed by atoms with Crippen molar-refractivity contribution in [1.82, 2.24) is 0 Å². The van der Waals surface area contributed by atoms with E-state index < -0.39 is 0 Å². The maximum Gasteiger partial charge on any atom is 0.129 e. The maximum absolute atomic E-state index is 13.8. The molecule has 0 fully saturated rings. The van der Waals surface area contributed by atoms with Crippen molar-refractivity contribution >= 4 is 11.8 Å². The molecule has 0 saturated carbocycles. The molecule has 18 heavy (non-hydrogen) atoms. The Labute approximate surface area is 111 Å². The van der Waals surface area contributed by atoms with E-state index >= 15 is 0 Å². The van der Waals surface area contributed by atoms with Gasteiger partial charge in [-0.05, 0) is 37.6 Å². The number of nitrogens with two attached hydrogens (primary N) is 1. The van der Waals surface area contributed by atoms with Crippen molar-refractivity contribution in [2.75, 3.05) is 0 Å². The molecule has 94 valence electrons. The summed E-state index contributed by atoms with van der Waals surface area (Å²) in [5.74, 6) is -0.233. The Kier molecular flexibility index (Phi) is 4.04. The summed E-state index contributed by atoms with van der Waals surface area (Å²) in [5, 5.41) is 0. The molecular weight excluding hydrogens is 245 g/mol. The molecule has 0 unspecified atom stereocenters. The van der Waals surface area contributed by atoms with Gasteiger partial charge in [-0.25, -0.2) is 4.39 Å². The molecule has 1 nitrogen and oxygen atoms in total. The van der Waals surface area contributed by atoms with Crippen molar-refractivity contribution < 1.29 is 4.39 Å². The molecule has 0 spiro atoms. The lowest BCUT2D eigenvalue weighted by molar-refractivity contribution is 0.585. The zero-order valence-corrected chi connectivity index (χ0v) is 11.3. The summed E-state index contributed by atoms with van der Waals surface area (Å²) in [6, 6.07) is 12.9. The van der Waals surface area contributed by atoms with E-state index in [9.17, 15) is 4.39 Å². The Morgan fingerprint density at radius 2 is 1.72 bits per heavy atom. The third-order valence-corrected chi connectivity index (χ3v) is 4.04. The van der Waals surface area contributed by atoms with E-state index in [-0.39, 0.29) is 11.9 Å². The van der Waals surface area contributed by atoms with Crippen LogP contribution < -0.4 is 5.73 Å². The van der Waals surface area contributed by atoms with Gasteiger partial charge < -0.3 is 5.73 Å². The van der Waals surface area contributed by atoms with Crippen molar-refractivity contribution in [2.45, 2.75) is 29.7 Å². The van der Waals surface area contributed by atoms with Crippen LogP contribution in [0, 0.1) is 12.7 Å². The first-order valence-electron chi connectivity index (χ1n) is 5.87. The summed E-state index contributed by atoms with van der Waals surface area (Å²) < 4.78 is 13.8. The SMILES string of the molecule is Cc1ccccc1Sc1cccc(F)c1[C@@H](C)N. The van der Waals surface area contributed by atoms with Crippen molar-refractivity contribution in [1.29, 1.82) is 0 Å². The number of hydrogen-bond donors (Lipinski definition) is 1. The molecule has 0 aliphatic rings. The second-order valence-electron chi connectivity index (χ2n) is 4.31. The van der Waals surface area contributed by atoms with Crippen LogP contribution in [0.5, 0.6) is 0 Å². The fourth-order valence-electron chi connectivity index (χ4n) is 1.84. The third kappa shape index (κ3) is 2.74. The lowest BCUT2D eigenvalue weighted by Gasteiger charge is -2.14. The van der Waals surface area contributed by atoms with E-state index in [1.807, 2.05) is 37.3 Å². The second kappa shape index (κ2) is 5.55. The highest BCUT2D eigenvalue weighted by Crippen LogP contribution is 2.35. The molecule has 0 aliphatic heterocycles. The van der Waals surface area contributed by atoms with Crippen LogP contribution >= 0.6 is 11.8 Å². The topological polar surface area (TPSA) is 26.0 Å². The van der Waals surface area contributed by atoms with Crippen LogP contribution in [-0.2, 0) is 0 Å². The Morgan fingerprint density at radius 1 is 1.06 bits per heavy atom. The summed E-state index contributed by atoms with van der Waals surface area (Å²) in [6.45, 7) is 3.85. The van der Waals surface area contributed by atoms with Crippen molar-refractivity contribution in [3.63, 3.8) is 0 Å². The number of benzene rings is 2. The molecule has 3 heteroatoms. The Morgan fingerprint density at radius 3 is 2.39 bits per heavy atom. The predicted octanol–water partition coefficient (Wildman–Crippen LogP) is 4.31. The molecule has 0 radical (unpaired) electrons. The van der Waals surface area contributed by atoms with E-state index in [1.54, 1.807) is 24.8 Å². The Balaban J connectivity index is 2.41. The molecule has 1 atom stereocenters. The normalized spacial score (nSPS) is 12.4. The molecule has 0 amide bonds. The monoisotopic (exact) mass is 261 g/mol. The minimum Gasteiger partial charge on any atom is -0.324 e. The number of hydrogen-bond acceptors (Lipinski definition) is 2. The first-order chi connectivity index (χ1) is 8.59. The Hall–Kier alpha value is -1.32. The van der Waals surface area contributed by atoms with Gasteiger partial charge in [-0.15, -0.1) is 0 Å². The summed E-state index contributed by atoms with van der Waals surface area (Å²) in [5.41, 5.74) is 7.63. The van der Waals surface area contributed by atoms with E-state index in [1.165, 1.54) is 11.6 Å². The molecular formula is C15H16FNS. The molecule has 2 aromatic carbocycles. The van der Waals surface area contributed by atoms with E-state index in [0.717, 1.165) is 9.79 Å². The fraction of sp³-hybridized carbons (Fsp3) is 0.200. The number of rotatable bonds is 3. The zero-order valence-electron chi connectivity index (χ0n) is 10.5. The van der Waals surface area contributed by atoms with E-state index in [4.69, 9.17) is 5.73 Å². The van der Waals surface area contributed by atoms with Gasteiger partial charge in [-0.3, -0.25) is 0 Å². The van der Waals surface area contributed by atoms with Crippen molar-refractivity contribution in [3.8, 4) is 0 Å². The molecule has 0 aromatic heterocycles. The average Bonchev–Trinajstić information content (AvgIpc) is 2.31. The predicted molar refractivity (Wildman–Crippen MR) is 74.3 cm³/mol. The molecule has 2 rings (SSSR count). The molecule has 2 aromatic rings. The smallest absolute Gasteiger partial charge is 0.129 e. The van der Waals surface area contributed by atoms with Gasteiger partial charge in [0.2, 0.25) is 0 Å². The van der Waals surface area contributed by atoms with Crippen molar-refractivity contribution in [3.05, 3.63) is 59.4 Å². The molecule has 0 aliphatic carbocycles. The minimum absolute atomic E-state index is 0.233. The van der Waals surface area contributed by atoms with E-state index in [0.29, 0.717) is 5.56 Å². The molecule has 0 saturated heterocycles. The second-order valence-corrected chi connectivity index (χ2v) is 5.39. The van der Waals surface area contributed by atoms with Gasteiger partial charge in [-0.2, -0.15) is 0 Å². The van der Waals surface area contributed by atoms with Crippen LogP contribution in [0.4, 0.5) is 4.39 Å². The standard InChI is InChI=1S/C15H16FNS/c1-10-6-3-4-8-13(10)18-14-9-5-7-12(16)15(14)11(2)17/h3-9,11H,17H2,1-2H3/t11-/m1/s1. The van der Waals surface area contributed by atoms with Gasteiger partial charge >= 0.3 is 0 Å². The van der Waals surface area contributed by atoms with Crippen LogP contribution in [0.1, 0.15) is 24.1 Å². The largest absolute Gasteiger partial charge is 0.324 e. The average molecular weight is 261 g/mol.